The van der Waals surface area contributed by atoms with Gasteiger partial charge < -0.3 is 10.4 Å². The summed E-state index contributed by atoms with van der Waals surface area (Å²) < 4.78 is 0. The summed E-state index contributed by atoms with van der Waals surface area (Å²) in [6, 6.07) is 6.14. The van der Waals surface area contributed by atoms with Gasteiger partial charge in [-0.3, -0.25) is 0 Å². The van der Waals surface area contributed by atoms with E-state index in [9.17, 15) is 5.11 Å². The molecule has 0 aliphatic rings. The average Bonchev–Trinajstić information content (AvgIpc) is 2.91. The molecule has 0 fully saturated rings. The molecule has 0 saturated carbocycles. The quantitative estimate of drug-likeness (QED) is 0.855. The fraction of sp³-hybridized carbons (Fsp3) is 0.467. The van der Waals surface area contributed by atoms with Gasteiger partial charge in [0.1, 0.15) is 11.6 Å². The first-order valence-corrected chi connectivity index (χ1v) is 7.74. The van der Waals surface area contributed by atoms with Gasteiger partial charge in [0.2, 0.25) is 0 Å². The lowest BCUT2D eigenvalue weighted by Crippen LogP contribution is -2.13. The van der Waals surface area contributed by atoms with E-state index in [0.29, 0.717) is 12.3 Å². The van der Waals surface area contributed by atoms with Crippen molar-refractivity contribution in [1.29, 1.82) is 0 Å². The van der Waals surface area contributed by atoms with Crippen LogP contribution in [0.25, 0.3) is 0 Å². The Labute approximate surface area is 123 Å². The van der Waals surface area contributed by atoms with Crippen molar-refractivity contribution in [2.75, 3.05) is 11.9 Å². The van der Waals surface area contributed by atoms with Crippen molar-refractivity contribution in [3.8, 4) is 0 Å². The minimum Gasteiger partial charge on any atom is -0.396 e. The highest BCUT2D eigenvalue weighted by Crippen LogP contribution is 2.26. The molecule has 0 aliphatic carbocycles. The maximum Gasteiger partial charge on any atom is 0.133 e. The predicted molar refractivity (Wildman–Crippen MR) is 83.2 cm³/mol. The van der Waals surface area contributed by atoms with E-state index in [-0.39, 0.29) is 12.6 Å². The lowest BCUT2D eigenvalue weighted by Gasteiger charge is -2.18. The maximum absolute atomic E-state index is 9.24. The molecule has 5 heteroatoms. The molecule has 0 bridgehead atoms. The lowest BCUT2D eigenvalue weighted by atomic mass is 10.1. The van der Waals surface area contributed by atoms with Gasteiger partial charge in [-0.1, -0.05) is 19.9 Å². The summed E-state index contributed by atoms with van der Waals surface area (Å²) in [6.45, 7) is 6.30. The molecule has 4 nitrogen and oxygen atoms in total. The summed E-state index contributed by atoms with van der Waals surface area (Å²) in [5.41, 5.74) is 0.958. The minimum atomic E-state index is 0.0920. The molecule has 1 unspecified atom stereocenters. The van der Waals surface area contributed by atoms with E-state index < -0.39 is 0 Å². The van der Waals surface area contributed by atoms with E-state index in [2.05, 4.69) is 35.2 Å². The summed E-state index contributed by atoms with van der Waals surface area (Å²) in [5.74, 6) is 1.97. The highest BCUT2D eigenvalue weighted by atomic mass is 32.1. The van der Waals surface area contributed by atoms with Gasteiger partial charge in [-0.05, 0) is 24.8 Å². The van der Waals surface area contributed by atoms with Crippen LogP contribution in [0, 0.1) is 6.92 Å². The Morgan fingerprint density at radius 3 is 2.75 bits per heavy atom. The van der Waals surface area contributed by atoms with Crippen molar-refractivity contribution in [3.05, 3.63) is 40.0 Å². The van der Waals surface area contributed by atoms with Gasteiger partial charge in [-0.25, -0.2) is 9.97 Å². The van der Waals surface area contributed by atoms with Crippen molar-refractivity contribution < 1.29 is 5.11 Å². The van der Waals surface area contributed by atoms with E-state index in [4.69, 9.17) is 0 Å². The van der Waals surface area contributed by atoms with Crippen molar-refractivity contribution in [1.82, 2.24) is 9.97 Å². The summed E-state index contributed by atoms with van der Waals surface area (Å²) in [5, 5.41) is 14.7. The molecule has 2 aromatic heterocycles. The SMILES string of the molecule is Cc1cc(NC(CCO)c2cccs2)nc(C(C)C)n1. The van der Waals surface area contributed by atoms with Crippen LogP contribution < -0.4 is 5.32 Å². The molecule has 0 radical (unpaired) electrons. The second-order valence-electron chi connectivity index (χ2n) is 5.13. The predicted octanol–water partition coefficient (Wildman–Crippen LogP) is 3.51. The zero-order chi connectivity index (χ0) is 14.5. The average molecular weight is 291 g/mol. The molecule has 2 N–H and O–H groups in total. The van der Waals surface area contributed by atoms with Crippen LogP contribution in [0.5, 0.6) is 0 Å². The third-order valence-corrected chi connectivity index (χ3v) is 4.00. The zero-order valence-electron chi connectivity index (χ0n) is 12.1. The Morgan fingerprint density at radius 2 is 2.15 bits per heavy atom. The Bertz CT molecular complexity index is 540. The van der Waals surface area contributed by atoms with Gasteiger partial charge in [0.25, 0.3) is 0 Å². The number of nitrogens with zero attached hydrogens (tertiary/aromatic N) is 2. The Kier molecular flexibility index (Phi) is 5.09. The molecular formula is C15H21N3OS. The van der Waals surface area contributed by atoms with Crippen molar-refractivity contribution in [2.45, 2.75) is 39.2 Å². The first kappa shape index (κ1) is 14.9. The fourth-order valence-corrected chi connectivity index (χ4v) is 2.82. The molecule has 2 heterocycles. The van der Waals surface area contributed by atoms with Crippen molar-refractivity contribution in [3.63, 3.8) is 0 Å². The number of hydrogen-bond acceptors (Lipinski definition) is 5. The van der Waals surface area contributed by atoms with Crippen molar-refractivity contribution >= 4 is 17.2 Å². The van der Waals surface area contributed by atoms with E-state index in [1.807, 2.05) is 24.4 Å². The highest BCUT2D eigenvalue weighted by Gasteiger charge is 2.14. The van der Waals surface area contributed by atoms with Crippen molar-refractivity contribution in [2.24, 2.45) is 0 Å². The van der Waals surface area contributed by atoms with Gasteiger partial charge in [0, 0.05) is 29.2 Å². The molecule has 20 heavy (non-hydrogen) atoms. The van der Waals surface area contributed by atoms with Crippen LogP contribution in [-0.2, 0) is 0 Å². The molecule has 0 saturated heterocycles. The fourth-order valence-electron chi connectivity index (χ4n) is 2.01. The summed E-state index contributed by atoms with van der Waals surface area (Å²) in [6.07, 6.45) is 0.667. The van der Waals surface area contributed by atoms with Crippen LogP contribution >= 0.6 is 11.3 Å². The van der Waals surface area contributed by atoms with Gasteiger partial charge in [-0.15, -0.1) is 11.3 Å². The topological polar surface area (TPSA) is 58.0 Å². The summed E-state index contributed by atoms with van der Waals surface area (Å²) in [4.78, 5) is 10.2. The number of hydrogen-bond donors (Lipinski definition) is 2. The lowest BCUT2D eigenvalue weighted by molar-refractivity contribution is 0.280. The number of aliphatic hydroxyl groups excluding tert-OH is 1. The van der Waals surface area contributed by atoms with Crippen LogP contribution in [0.15, 0.2) is 23.6 Å². The van der Waals surface area contributed by atoms with Gasteiger partial charge in [0.05, 0.1) is 6.04 Å². The molecule has 2 aromatic rings. The van der Waals surface area contributed by atoms with Gasteiger partial charge in [-0.2, -0.15) is 0 Å². The first-order valence-electron chi connectivity index (χ1n) is 6.86. The monoisotopic (exact) mass is 291 g/mol. The van der Waals surface area contributed by atoms with Crippen LogP contribution in [-0.4, -0.2) is 21.7 Å². The largest absolute Gasteiger partial charge is 0.396 e. The Balaban J connectivity index is 2.22. The normalized spacial score (nSPS) is 12.7. The molecule has 1 atom stereocenters. The molecule has 0 aliphatic heterocycles. The molecule has 108 valence electrons. The third-order valence-electron chi connectivity index (χ3n) is 3.01. The molecular weight excluding hydrogens is 270 g/mol. The number of thiophene rings is 1. The standard InChI is InChI=1S/C15H21N3OS/c1-10(2)15-16-11(3)9-14(18-15)17-12(6-7-19)13-5-4-8-20-13/h4-5,8-10,12,19H,6-7H2,1-3H3,(H,16,17,18). The van der Waals surface area contributed by atoms with Gasteiger partial charge >= 0.3 is 0 Å². The maximum atomic E-state index is 9.24. The smallest absolute Gasteiger partial charge is 0.133 e. The number of nitrogens with one attached hydrogen (secondary N) is 1. The van der Waals surface area contributed by atoms with Crippen LogP contribution in [0.4, 0.5) is 5.82 Å². The second-order valence-corrected chi connectivity index (χ2v) is 6.11. The summed E-state index contributed by atoms with van der Waals surface area (Å²) in [7, 11) is 0. The molecule has 0 spiro atoms. The second kappa shape index (κ2) is 6.81. The van der Waals surface area contributed by atoms with E-state index >= 15 is 0 Å². The molecule has 0 aromatic carbocycles. The third kappa shape index (κ3) is 3.77. The van der Waals surface area contributed by atoms with Gasteiger partial charge in [0.15, 0.2) is 0 Å². The highest BCUT2D eigenvalue weighted by molar-refractivity contribution is 7.10. The number of aryl methyl sites for hydroxylation is 1. The minimum absolute atomic E-state index is 0.0920. The van der Waals surface area contributed by atoms with E-state index in [0.717, 1.165) is 17.3 Å². The summed E-state index contributed by atoms with van der Waals surface area (Å²) >= 11 is 1.69. The molecule has 2 rings (SSSR count). The zero-order valence-corrected chi connectivity index (χ0v) is 12.9. The number of rotatable bonds is 6. The first-order chi connectivity index (χ1) is 9.60. The number of aromatic nitrogens is 2. The van der Waals surface area contributed by atoms with Crippen LogP contribution in [0.2, 0.25) is 0 Å². The number of anilines is 1. The number of aliphatic hydroxyl groups is 1. The molecule has 0 amide bonds. The van der Waals surface area contributed by atoms with E-state index in [1.165, 1.54) is 4.88 Å². The van der Waals surface area contributed by atoms with Crippen LogP contribution in [0.3, 0.4) is 0 Å². The Morgan fingerprint density at radius 1 is 1.35 bits per heavy atom. The van der Waals surface area contributed by atoms with E-state index in [1.54, 1.807) is 11.3 Å². The Hall–Kier alpha value is -1.46. The van der Waals surface area contributed by atoms with Crippen LogP contribution in [0.1, 0.15) is 48.6 Å².